The number of phenols is 1. The number of carbonyl (C=O) groups excluding carboxylic acids is 1. The van der Waals surface area contributed by atoms with Gasteiger partial charge in [0.15, 0.2) is 0 Å². The van der Waals surface area contributed by atoms with Crippen LogP contribution in [0.5, 0.6) is 5.75 Å². The van der Waals surface area contributed by atoms with Gasteiger partial charge in [0.05, 0.1) is 0 Å². The van der Waals surface area contributed by atoms with Gasteiger partial charge in [0.25, 0.3) is 0 Å². The minimum atomic E-state index is -0.194. The molecule has 0 radical (unpaired) electrons. The summed E-state index contributed by atoms with van der Waals surface area (Å²) < 4.78 is 0. The molecule has 24 heavy (non-hydrogen) atoms. The van der Waals surface area contributed by atoms with Crippen LogP contribution in [-0.4, -0.2) is 10.9 Å². The Hall–Kier alpha value is -1.31. The zero-order chi connectivity index (χ0) is 17.5. The van der Waals surface area contributed by atoms with E-state index in [-0.39, 0.29) is 16.2 Å². The van der Waals surface area contributed by atoms with E-state index in [1.165, 1.54) is 16.7 Å². The minimum Gasteiger partial charge on any atom is -0.508 e. The molecule has 3 aliphatic rings. The quantitative estimate of drug-likeness (QED) is 0.733. The number of ketones is 1. The lowest BCUT2D eigenvalue weighted by Gasteiger charge is -2.60. The van der Waals surface area contributed by atoms with Crippen molar-refractivity contribution >= 4 is 5.78 Å². The number of rotatable bonds is 0. The SMILES string of the molecule is Cc1cc(O)cc2c1C1(C)CCC3C(C)(C)C(=O)CCC3(C)C1C2. The second-order valence-electron chi connectivity index (χ2n) is 9.71. The number of aryl methyl sites for hydroxylation is 1. The number of fused-ring (bicyclic) bond motifs is 5. The van der Waals surface area contributed by atoms with E-state index in [0.717, 1.165) is 32.1 Å². The molecule has 3 aliphatic carbocycles. The predicted molar refractivity (Wildman–Crippen MR) is 96.2 cm³/mol. The van der Waals surface area contributed by atoms with Crippen molar-refractivity contribution in [2.45, 2.75) is 72.1 Å². The molecule has 0 heterocycles. The number of carbonyl (C=O) groups is 1. The molecule has 1 N–H and O–H groups in total. The van der Waals surface area contributed by atoms with Gasteiger partial charge in [0, 0.05) is 11.8 Å². The Labute approximate surface area is 145 Å². The number of hydrogen-bond acceptors (Lipinski definition) is 2. The van der Waals surface area contributed by atoms with Crippen molar-refractivity contribution in [3.05, 3.63) is 28.8 Å². The van der Waals surface area contributed by atoms with Crippen molar-refractivity contribution in [1.29, 1.82) is 0 Å². The van der Waals surface area contributed by atoms with Gasteiger partial charge in [-0.05, 0) is 84.1 Å². The minimum absolute atomic E-state index is 0.189. The van der Waals surface area contributed by atoms with Crippen LogP contribution in [0.15, 0.2) is 12.1 Å². The van der Waals surface area contributed by atoms with E-state index in [0.29, 0.717) is 23.4 Å². The first kappa shape index (κ1) is 16.2. The van der Waals surface area contributed by atoms with Crippen LogP contribution in [0.3, 0.4) is 0 Å². The van der Waals surface area contributed by atoms with Crippen molar-refractivity contribution in [3.8, 4) is 5.75 Å². The summed E-state index contributed by atoms with van der Waals surface area (Å²) in [6, 6.07) is 3.92. The zero-order valence-electron chi connectivity index (χ0n) is 15.7. The van der Waals surface area contributed by atoms with Crippen LogP contribution in [0, 0.1) is 29.6 Å². The van der Waals surface area contributed by atoms with E-state index in [9.17, 15) is 9.90 Å². The monoisotopic (exact) mass is 326 g/mol. The highest BCUT2D eigenvalue weighted by Gasteiger charge is 2.62. The second-order valence-corrected chi connectivity index (χ2v) is 9.71. The third-order valence-electron chi connectivity index (χ3n) is 8.19. The smallest absolute Gasteiger partial charge is 0.138 e. The maximum Gasteiger partial charge on any atom is 0.138 e. The van der Waals surface area contributed by atoms with Gasteiger partial charge >= 0.3 is 0 Å². The highest BCUT2D eigenvalue weighted by molar-refractivity contribution is 5.85. The van der Waals surface area contributed by atoms with E-state index in [4.69, 9.17) is 0 Å². The Morgan fingerprint density at radius 2 is 1.79 bits per heavy atom. The normalized spacial score (nSPS) is 40.0. The fourth-order valence-corrected chi connectivity index (χ4v) is 7.15. The first-order valence-corrected chi connectivity index (χ1v) is 9.47. The fraction of sp³-hybridized carbons (Fsp3) is 0.682. The molecular formula is C22H30O2. The lowest BCUT2D eigenvalue weighted by atomic mass is 9.43. The summed E-state index contributed by atoms with van der Waals surface area (Å²) in [7, 11) is 0. The molecule has 2 heteroatoms. The third kappa shape index (κ3) is 1.80. The van der Waals surface area contributed by atoms with Crippen molar-refractivity contribution in [1.82, 2.24) is 0 Å². The summed E-state index contributed by atoms with van der Waals surface area (Å²) in [5, 5.41) is 10.1. The molecule has 4 atom stereocenters. The van der Waals surface area contributed by atoms with Crippen molar-refractivity contribution in [3.63, 3.8) is 0 Å². The van der Waals surface area contributed by atoms with Crippen molar-refractivity contribution in [2.75, 3.05) is 0 Å². The van der Waals surface area contributed by atoms with Gasteiger partial charge in [0.1, 0.15) is 11.5 Å². The second kappa shape index (κ2) is 4.65. The first-order valence-electron chi connectivity index (χ1n) is 9.47. The van der Waals surface area contributed by atoms with Crippen molar-refractivity contribution < 1.29 is 9.90 Å². The van der Waals surface area contributed by atoms with Gasteiger partial charge in [-0.1, -0.05) is 27.7 Å². The molecule has 0 spiro atoms. The molecule has 4 unspecified atom stereocenters. The largest absolute Gasteiger partial charge is 0.508 e. The number of hydrogen-bond donors (Lipinski definition) is 1. The highest BCUT2D eigenvalue weighted by atomic mass is 16.3. The Bertz CT molecular complexity index is 732. The third-order valence-corrected chi connectivity index (χ3v) is 8.19. The van der Waals surface area contributed by atoms with E-state index in [1.807, 2.05) is 12.1 Å². The molecule has 2 nitrogen and oxygen atoms in total. The van der Waals surface area contributed by atoms with Crippen LogP contribution in [-0.2, 0) is 16.6 Å². The summed E-state index contributed by atoms with van der Waals surface area (Å²) in [4.78, 5) is 12.6. The van der Waals surface area contributed by atoms with E-state index in [1.54, 1.807) is 0 Å². The lowest BCUT2D eigenvalue weighted by molar-refractivity contribution is -0.151. The Morgan fingerprint density at radius 3 is 2.50 bits per heavy atom. The van der Waals surface area contributed by atoms with Crippen molar-refractivity contribution in [2.24, 2.45) is 22.7 Å². The molecular weight excluding hydrogens is 296 g/mol. The molecule has 130 valence electrons. The van der Waals surface area contributed by atoms with Gasteiger partial charge in [-0.25, -0.2) is 0 Å². The molecule has 0 bridgehead atoms. The molecule has 0 saturated heterocycles. The van der Waals surface area contributed by atoms with Gasteiger partial charge in [-0.15, -0.1) is 0 Å². The van der Waals surface area contributed by atoms with Gasteiger partial charge in [-0.2, -0.15) is 0 Å². The predicted octanol–water partition coefficient (Wildman–Crippen LogP) is 4.94. The van der Waals surface area contributed by atoms with Crippen LogP contribution < -0.4 is 0 Å². The van der Waals surface area contributed by atoms with Crippen LogP contribution in [0.25, 0.3) is 0 Å². The topological polar surface area (TPSA) is 37.3 Å². The van der Waals surface area contributed by atoms with E-state index in [2.05, 4.69) is 34.6 Å². The maximum atomic E-state index is 12.6. The average Bonchev–Trinajstić information content (AvgIpc) is 2.77. The zero-order valence-corrected chi connectivity index (χ0v) is 15.7. The summed E-state index contributed by atoms with van der Waals surface area (Å²) in [5.41, 5.74) is 4.28. The maximum absolute atomic E-state index is 12.6. The molecule has 2 fully saturated rings. The summed E-state index contributed by atoms with van der Waals surface area (Å²) in [5.74, 6) is 1.91. The molecule has 0 aromatic heterocycles. The number of Topliss-reactive ketones (excluding diaryl/α,β-unsaturated/α-hetero) is 1. The molecule has 2 saturated carbocycles. The van der Waals surface area contributed by atoms with Gasteiger partial charge < -0.3 is 5.11 Å². The standard InChI is InChI=1S/C22H30O2/c1-13-10-15(23)11-14-12-17-21(4)9-7-18(24)20(2,3)16(21)6-8-22(17,5)19(13)14/h10-11,16-17,23H,6-9,12H2,1-5H3. The summed E-state index contributed by atoms with van der Waals surface area (Å²) in [6.07, 6.45) is 5.11. The number of phenolic OH excluding ortho intramolecular Hbond substituents is 1. The summed E-state index contributed by atoms with van der Waals surface area (Å²) in [6.45, 7) is 11.4. The Balaban J connectivity index is 1.84. The number of aromatic hydroxyl groups is 1. The molecule has 1 aromatic rings. The summed E-state index contributed by atoms with van der Waals surface area (Å²) >= 11 is 0. The average molecular weight is 326 g/mol. The number of benzene rings is 1. The fourth-order valence-electron chi connectivity index (χ4n) is 7.15. The molecule has 4 rings (SSSR count). The Kier molecular flexibility index (Phi) is 3.13. The van der Waals surface area contributed by atoms with Crippen LogP contribution in [0.1, 0.15) is 70.1 Å². The Morgan fingerprint density at radius 1 is 1.08 bits per heavy atom. The van der Waals surface area contributed by atoms with Gasteiger partial charge in [-0.3, -0.25) is 4.79 Å². The highest BCUT2D eigenvalue weighted by Crippen LogP contribution is 2.67. The van der Waals surface area contributed by atoms with Crippen LogP contribution in [0.2, 0.25) is 0 Å². The van der Waals surface area contributed by atoms with Crippen LogP contribution in [0.4, 0.5) is 0 Å². The lowest BCUT2D eigenvalue weighted by Crippen LogP contribution is -2.57. The van der Waals surface area contributed by atoms with E-state index >= 15 is 0 Å². The van der Waals surface area contributed by atoms with Gasteiger partial charge in [0.2, 0.25) is 0 Å². The van der Waals surface area contributed by atoms with E-state index < -0.39 is 0 Å². The molecule has 0 amide bonds. The molecule has 0 aliphatic heterocycles. The first-order chi connectivity index (χ1) is 11.1. The molecule has 1 aromatic carbocycles. The van der Waals surface area contributed by atoms with Crippen LogP contribution >= 0.6 is 0 Å².